The zero-order chi connectivity index (χ0) is 14.5. The number of carbonyl (C=O) groups is 1. The topological polar surface area (TPSA) is 46.9 Å². The summed E-state index contributed by atoms with van der Waals surface area (Å²) < 4.78 is 1.96. The van der Waals surface area contributed by atoms with Crippen LogP contribution in [0.15, 0.2) is 43.0 Å². The highest BCUT2D eigenvalue weighted by atomic mass is 16.1. The molecule has 1 aromatic heterocycles. The van der Waals surface area contributed by atoms with Crippen molar-refractivity contribution in [2.45, 2.75) is 38.6 Å². The number of hydrogen-bond acceptors (Lipinski definition) is 2. The first kappa shape index (κ1) is 13.9. The van der Waals surface area contributed by atoms with Crippen LogP contribution in [0, 0.1) is 5.92 Å². The molecule has 1 aliphatic rings. The second-order valence-corrected chi connectivity index (χ2v) is 5.69. The van der Waals surface area contributed by atoms with Crippen molar-refractivity contribution >= 4 is 5.91 Å². The molecule has 4 heteroatoms. The van der Waals surface area contributed by atoms with Gasteiger partial charge in [-0.3, -0.25) is 4.79 Å². The summed E-state index contributed by atoms with van der Waals surface area (Å²) in [5.74, 6) is 0.442. The van der Waals surface area contributed by atoms with Crippen molar-refractivity contribution in [3.8, 4) is 5.69 Å². The van der Waals surface area contributed by atoms with Gasteiger partial charge in [0.2, 0.25) is 5.91 Å². The largest absolute Gasteiger partial charge is 0.352 e. The van der Waals surface area contributed by atoms with E-state index >= 15 is 0 Å². The summed E-state index contributed by atoms with van der Waals surface area (Å²) in [5, 5.41) is 3.06. The summed E-state index contributed by atoms with van der Waals surface area (Å²) in [4.78, 5) is 16.1. The third-order valence-corrected chi connectivity index (χ3v) is 4.18. The van der Waals surface area contributed by atoms with Gasteiger partial charge in [-0.25, -0.2) is 4.98 Å². The minimum absolute atomic E-state index is 0.216. The van der Waals surface area contributed by atoms with Crippen molar-refractivity contribution in [3.05, 3.63) is 48.5 Å². The fraction of sp³-hybridized carbons (Fsp3) is 0.412. The molecule has 21 heavy (non-hydrogen) atoms. The zero-order valence-corrected chi connectivity index (χ0v) is 12.2. The molecule has 0 unspecified atom stereocenters. The Hall–Kier alpha value is -2.10. The van der Waals surface area contributed by atoms with Gasteiger partial charge in [0, 0.05) is 30.5 Å². The fourth-order valence-electron chi connectivity index (χ4n) is 2.90. The van der Waals surface area contributed by atoms with Gasteiger partial charge in [0.05, 0.1) is 6.33 Å². The quantitative estimate of drug-likeness (QED) is 0.937. The van der Waals surface area contributed by atoms with Crippen molar-refractivity contribution < 1.29 is 4.79 Å². The van der Waals surface area contributed by atoms with E-state index in [0.29, 0.717) is 6.54 Å². The molecule has 1 N–H and O–H groups in total. The van der Waals surface area contributed by atoms with Crippen LogP contribution in [0.25, 0.3) is 5.69 Å². The lowest BCUT2D eigenvalue weighted by Gasteiger charge is -2.20. The first-order valence-electron chi connectivity index (χ1n) is 7.68. The van der Waals surface area contributed by atoms with E-state index in [1.807, 2.05) is 22.9 Å². The number of carbonyl (C=O) groups excluding carboxylic acids is 1. The van der Waals surface area contributed by atoms with E-state index < -0.39 is 0 Å². The number of imidazole rings is 1. The van der Waals surface area contributed by atoms with Crippen LogP contribution in [0.4, 0.5) is 0 Å². The molecular formula is C17H21N3O. The maximum Gasteiger partial charge on any atom is 0.223 e. The third kappa shape index (κ3) is 3.51. The molecule has 0 radical (unpaired) electrons. The van der Waals surface area contributed by atoms with Crippen LogP contribution in [-0.2, 0) is 11.3 Å². The molecular weight excluding hydrogens is 262 g/mol. The number of aromatic nitrogens is 2. The Morgan fingerprint density at radius 2 is 1.95 bits per heavy atom. The lowest BCUT2D eigenvalue weighted by Crippen LogP contribution is -2.31. The van der Waals surface area contributed by atoms with Crippen LogP contribution in [0.2, 0.25) is 0 Å². The lowest BCUT2D eigenvalue weighted by atomic mass is 9.88. The predicted octanol–water partition coefficient (Wildman–Crippen LogP) is 3.07. The minimum atomic E-state index is 0.216. The second-order valence-electron chi connectivity index (χ2n) is 5.69. The van der Waals surface area contributed by atoms with Gasteiger partial charge in [-0.1, -0.05) is 31.4 Å². The molecule has 0 saturated heterocycles. The van der Waals surface area contributed by atoms with Crippen molar-refractivity contribution in [1.29, 1.82) is 0 Å². The van der Waals surface area contributed by atoms with Gasteiger partial charge < -0.3 is 9.88 Å². The Morgan fingerprint density at radius 1 is 1.19 bits per heavy atom. The Morgan fingerprint density at radius 3 is 2.62 bits per heavy atom. The Balaban J connectivity index is 1.54. The van der Waals surface area contributed by atoms with E-state index in [4.69, 9.17) is 0 Å². The average Bonchev–Trinajstić information content (AvgIpc) is 3.08. The molecule has 1 amide bonds. The van der Waals surface area contributed by atoms with E-state index in [0.717, 1.165) is 24.1 Å². The van der Waals surface area contributed by atoms with Crippen LogP contribution in [0.3, 0.4) is 0 Å². The summed E-state index contributed by atoms with van der Waals surface area (Å²) in [7, 11) is 0. The molecule has 0 aliphatic heterocycles. The van der Waals surface area contributed by atoms with Crippen LogP contribution in [0.5, 0.6) is 0 Å². The van der Waals surface area contributed by atoms with Crippen LogP contribution in [-0.4, -0.2) is 15.5 Å². The number of benzene rings is 1. The van der Waals surface area contributed by atoms with E-state index in [-0.39, 0.29) is 11.8 Å². The molecule has 0 spiro atoms. The minimum Gasteiger partial charge on any atom is -0.352 e. The highest BCUT2D eigenvalue weighted by Crippen LogP contribution is 2.23. The lowest BCUT2D eigenvalue weighted by molar-refractivity contribution is -0.126. The van der Waals surface area contributed by atoms with Crippen molar-refractivity contribution in [2.75, 3.05) is 0 Å². The number of rotatable bonds is 4. The SMILES string of the molecule is O=C(NCc1ccc(-n2ccnc2)cc1)C1CCCCC1. The number of nitrogens with one attached hydrogen (secondary N) is 1. The Kier molecular flexibility index (Phi) is 4.34. The van der Waals surface area contributed by atoms with Crippen LogP contribution >= 0.6 is 0 Å². The van der Waals surface area contributed by atoms with Gasteiger partial charge in [0.25, 0.3) is 0 Å². The van der Waals surface area contributed by atoms with Crippen molar-refractivity contribution in [2.24, 2.45) is 5.92 Å². The molecule has 2 aromatic rings. The van der Waals surface area contributed by atoms with E-state index in [1.165, 1.54) is 19.3 Å². The average molecular weight is 283 g/mol. The van der Waals surface area contributed by atoms with Gasteiger partial charge >= 0.3 is 0 Å². The molecule has 4 nitrogen and oxygen atoms in total. The Bertz CT molecular complexity index is 569. The van der Waals surface area contributed by atoms with Gasteiger partial charge in [-0.15, -0.1) is 0 Å². The van der Waals surface area contributed by atoms with Gasteiger partial charge in [-0.05, 0) is 30.5 Å². The molecule has 1 saturated carbocycles. The van der Waals surface area contributed by atoms with E-state index in [9.17, 15) is 4.79 Å². The highest BCUT2D eigenvalue weighted by Gasteiger charge is 2.20. The fourth-order valence-corrected chi connectivity index (χ4v) is 2.90. The first-order valence-corrected chi connectivity index (χ1v) is 7.68. The number of amides is 1. The monoisotopic (exact) mass is 283 g/mol. The predicted molar refractivity (Wildman–Crippen MR) is 82.0 cm³/mol. The van der Waals surface area contributed by atoms with Gasteiger partial charge in [-0.2, -0.15) is 0 Å². The summed E-state index contributed by atoms with van der Waals surface area (Å²) in [6.45, 7) is 0.611. The van der Waals surface area contributed by atoms with E-state index in [2.05, 4.69) is 22.4 Å². The normalized spacial score (nSPS) is 15.8. The second kappa shape index (κ2) is 6.57. The molecule has 110 valence electrons. The standard InChI is InChI=1S/C17H21N3O/c21-17(15-4-2-1-3-5-15)19-12-14-6-8-16(9-7-14)20-11-10-18-13-20/h6-11,13,15H,1-5,12H2,(H,19,21). The third-order valence-electron chi connectivity index (χ3n) is 4.18. The maximum atomic E-state index is 12.1. The smallest absolute Gasteiger partial charge is 0.223 e. The summed E-state index contributed by atoms with van der Waals surface area (Å²) in [5.41, 5.74) is 2.21. The first-order chi connectivity index (χ1) is 10.3. The number of hydrogen-bond donors (Lipinski definition) is 1. The molecule has 0 bridgehead atoms. The van der Waals surface area contributed by atoms with E-state index in [1.54, 1.807) is 12.5 Å². The highest BCUT2D eigenvalue weighted by molar-refractivity contribution is 5.78. The summed E-state index contributed by atoms with van der Waals surface area (Å²) in [6, 6.07) is 8.19. The molecule has 1 fully saturated rings. The molecule has 3 rings (SSSR count). The number of nitrogens with zero attached hydrogens (tertiary/aromatic N) is 2. The van der Waals surface area contributed by atoms with Crippen molar-refractivity contribution in [1.82, 2.24) is 14.9 Å². The molecule has 0 atom stereocenters. The van der Waals surface area contributed by atoms with Gasteiger partial charge in [0.1, 0.15) is 0 Å². The maximum absolute atomic E-state index is 12.1. The molecule has 1 aromatic carbocycles. The molecule has 1 aliphatic carbocycles. The Labute approximate surface area is 125 Å². The summed E-state index contributed by atoms with van der Waals surface area (Å²) in [6.07, 6.45) is 11.2. The van der Waals surface area contributed by atoms with Crippen LogP contribution in [0.1, 0.15) is 37.7 Å². The van der Waals surface area contributed by atoms with Crippen molar-refractivity contribution in [3.63, 3.8) is 0 Å². The molecule has 1 heterocycles. The van der Waals surface area contributed by atoms with Gasteiger partial charge in [0.15, 0.2) is 0 Å². The summed E-state index contributed by atoms with van der Waals surface area (Å²) >= 11 is 0. The zero-order valence-electron chi connectivity index (χ0n) is 12.2. The van der Waals surface area contributed by atoms with Crippen LogP contribution < -0.4 is 5.32 Å².